The van der Waals surface area contributed by atoms with E-state index in [0.29, 0.717) is 0 Å². The van der Waals surface area contributed by atoms with Crippen LogP contribution in [0.3, 0.4) is 0 Å². The van der Waals surface area contributed by atoms with Gasteiger partial charge in [0.05, 0.1) is 0 Å². The molecule has 1 saturated heterocycles. The summed E-state index contributed by atoms with van der Waals surface area (Å²) < 4.78 is 9.91. The molecule has 2 N–H and O–H groups in total. The van der Waals surface area contributed by atoms with Gasteiger partial charge in [-0.3, -0.25) is 0 Å². The first-order valence-corrected chi connectivity index (χ1v) is 4.20. The quantitative estimate of drug-likeness (QED) is 0.668. The number of hydrogen-bond donors (Lipinski definition) is 2. The highest BCUT2D eigenvalue weighted by Gasteiger charge is 2.46. The Hall–Kier alpha value is -1.14. The van der Waals surface area contributed by atoms with Crippen LogP contribution in [0.1, 0.15) is 13.8 Å². The maximum atomic E-state index is 10.6. The lowest BCUT2D eigenvalue weighted by atomic mass is 10.2. The monoisotopic (exact) mass is 204 g/mol. The molecule has 0 spiro atoms. The lowest BCUT2D eigenvalue weighted by Crippen LogP contribution is -2.36. The highest BCUT2D eigenvalue weighted by Crippen LogP contribution is 2.24. The lowest BCUT2D eigenvalue weighted by Gasteiger charge is -2.12. The van der Waals surface area contributed by atoms with Gasteiger partial charge in [-0.1, -0.05) is 13.8 Å². The van der Waals surface area contributed by atoms with E-state index in [1.54, 1.807) is 13.8 Å². The third-order valence-electron chi connectivity index (χ3n) is 1.87. The van der Waals surface area contributed by atoms with Crippen molar-refractivity contribution in [1.82, 2.24) is 0 Å². The van der Waals surface area contributed by atoms with Gasteiger partial charge in [0.2, 0.25) is 0 Å². The zero-order valence-corrected chi connectivity index (χ0v) is 7.84. The Bertz CT molecular complexity index is 226. The summed E-state index contributed by atoms with van der Waals surface area (Å²) in [7, 11) is 0. The van der Waals surface area contributed by atoms with Gasteiger partial charge in [-0.25, -0.2) is 9.59 Å². The molecule has 2 unspecified atom stereocenters. The molecular weight excluding hydrogens is 192 g/mol. The summed E-state index contributed by atoms with van der Waals surface area (Å²) in [6, 6.07) is 0. The molecule has 2 atom stereocenters. The molecule has 1 heterocycles. The second-order valence-corrected chi connectivity index (χ2v) is 3.40. The molecule has 0 aromatic rings. The first-order valence-electron chi connectivity index (χ1n) is 4.20. The maximum absolute atomic E-state index is 10.6. The van der Waals surface area contributed by atoms with Gasteiger partial charge in [-0.15, -0.1) is 0 Å². The zero-order valence-electron chi connectivity index (χ0n) is 7.84. The van der Waals surface area contributed by atoms with Crippen molar-refractivity contribution in [3.05, 3.63) is 0 Å². The Labute approximate surface area is 80.4 Å². The highest BCUT2D eigenvalue weighted by atomic mass is 16.7. The van der Waals surface area contributed by atoms with Crippen molar-refractivity contribution in [3.8, 4) is 0 Å². The number of carboxylic acid groups (broad SMARTS) is 2. The maximum Gasteiger partial charge on any atom is 0.336 e. The average Bonchev–Trinajstić information content (AvgIpc) is 2.47. The Morgan fingerprint density at radius 1 is 1.07 bits per heavy atom. The molecule has 0 aromatic carbocycles. The first kappa shape index (κ1) is 10.9. The van der Waals surface area contributed by atoms with Gasteiger partial charge in [0.1, 0.15) is 0 Å². The molecule has 6 heteroatoms. The van der Waals surface area contributed by atoms with Crippen LogP contribution in [0.2, 0.25) is 0 Å². The van der Waals surface area contributed by atoms with E-state index in [1.165, 1.54) is 0 Å². The van der Waals surface area contributed by atoms with Crippen LogP contribution in [-0.2, 0) is 19.1 Å². The normalized spacial score (nSPS) is 32.1. The van der Waals surface area contributed by atoms with Crippen molar-refractivity contribution in [1.29, 1.82) is 0 Å². The molecule has 1 fully saturated rings. The predicted octanol–water partition coefficient (Wildman–Crippen LogP) is -0.0783. The summed E-state index contributed by atoms with van der Waals surface area (Å²) in [5.74, 6) is -2.72. The number of carbonyl (C=O) groups is 2. The van der Waals surface area contributed by atoms with Crippen molar-refractivity contribution >= 4 is 11.9 Å². The van der Waals surface area contributed by atoms with E-state index >= 15 is 0 Å². The molecule has 0 saturated carbocycles. The Balaban J connectivity index is 2.75. The van der Waals surface area contributed by atoms with E-state index in [0.717, 1.165) is 0 Å². The summed E-state index contributed by atoms with van der Waals surface area (Å²) in [5, 5.41) is 17.3. The number of carboxylic acids is 2. The van der Waals surface area contributed by atoms with Crippen molar-refractivity contribution in [2.45, 2.75) is 32.3 Å². The van der Waals surface area contributed by atoms with Gasteiger partial charge in [-0.05, 0) is 0 Å². The number of ether oxygens (including phenoxy) is 2. The van der Waals surface area contributed by atoms with E-state index in [-0.39, 0.29) is 5.92 Å². The first-order chi connectivity index (χ1) is 6.43. The van der Waals surface area contributed by atoms with Crippen molar-refractivity contribution < 1.29 is 29.3 Å². The molecule has 0 radical (unpaired) electrons. The molecular formula is C8H12O6. The van der Waals surface area contributed by atoms with Crippen LogP contribution in [-0.4, -0.2) is 40.6 Å². The van der Waals surface area contributed by atoms with Crippen molar-refractivity contribution in [2.24, 2.45) is 5.92 Å². The minimum Gasteiger partial charge on any atom is -0.479 e. The van der Waals surface area contributed by atoms with E-state index in [9.17, 15) is 9.59 Å². The van der Waals surface area contributed by atoms with E-state index in [1.807, 2.05) is 0 Å². The van der Waals surface area contributed by atoms with Crippen molar-refractivity contribution in [3.63, 3.8) is 0 Å². The number of aliphatic carboxylic acids is 2. The topological polar surface area (TPSA) is 93.1 Å². The van der Waals surface area contributed by atoms with E-state index < -0.39 is 30.4 Å². The number of hydrogen-bond acceptors (Lipinski definition) is 4. The molecule has 14 heavy (non-hydrogen) atoms. The van der Waals surface area contributed by atoms with Crippen LogP contribution >= 0.6 is 0 Å². The Kier molecular flexibility index (Phi) is 3.07. The summed E-state index contributed by atoms with van der Waals surface area (Å²) in [5.41, 5.74) is 0. The molecule has 0 bridgehead atoms. The molecule has 80 valence electrons. The van der Waals surface area contributed by atoms with Gasteiger partial charge in [0.15, 0.2) is 18.5 Å². The molecule has 1 aliphatic rings. The summed E-state index contributed by atoms with van der Waals surface area (Å²) in [6.07, 6.45) is -3.60. The third kappa shape index (κ3) is 2.02. The standard InChI is InChI=1S/C8H12O6/c1-3(2)8-13-4(6(9)10)5(14-8)7(11)12/h3-5,8H,1-2H3,(H,9,10)(H,11,12). The highest BCUT2D eigenvalue weighted by molar-refractivity contribution is 5.84. The van der Waals surface area contributed by atoms with Gasteiger partial charge < -0.3 is 19.7 Å². The molecule has 6 nitrogen and oxygen atoms in total. The molecule has 0 aliphatic carbocycles. The fourth-order valence-corrected chi connectivity index (χ4v) is 1.15. The lowest BCUT2D eigenvalue weighted by molar-refractivity contribution is -0.156. The number of rotatable bonds is 3. The fraction of sp³-hybridized carbons (Fsp3) is 0.750. The summed E-state index contributed by atoms with van der Waals surface area (Å²) in [6.45, 7) is 3.52. The van der Waals surface area contributed by atoms with Crippen LogP contribution in [0.4, 0.5) is 0 Å². The summed E-state index contributed by atoms with van der Waals surface area (Å²) in [4.78, 5) is 21.2. The van der Waals surface area contributed by atoms with Gasteiger partial charge in [0, 0.05) is 5.92 Å². The van der Waals surface area contributed by atoms with Crippen LogP contribution in [0.15, 0.2) is 0 Å². The average molecular weight is 204 g/mol. The second-order valence-electron chi connectivity index (χ2n) is 3.40. The third-order valence-corrected chi connectivity index (χ3v) is 1.87. The molecule has 0 amide bonds. The van der Waals surface area contributed by atoms with Crippen LogP contribution in [0.25, 0.3) is 0 Å². The van der Waals surface area contributed by atoms with E-state index in [2.05, 4.69) is 0 Å². The van der Waals surface area contributed by atoms with Crippen LogP contribution in [0.5, 0.6) is 0 Å². The SMILES string of the molecule is CC(C)C1OC(C(=O)O)C(C(=O)O)O1. The van der Waals surface area contributed by atoms with E-state index in [4.69, 9.17) is 19.7 Å². The summed E-state index contributed by atoms with van der Waals surface area (Å²) >= 11 is 0. The Morgan fingerprint density at radius 2 is 1.43 bits per heavy atom. The van der Waals surface area contributed by atoms with Crippen LogP contribution in [0, 0.1) is 5.92 Å². The smallest absolute Gasteiger partial charge is 0.336 e. The fourth-order valence-electron chi connectivity index (χ4n) is 1.15. The molecule has 1 aliphatic heterocycles. The molecule has 1 rings (SSSR count). The van der Waals surface area contributed by atoms with Gasteiger partial charge >= 0.3 is 11.9 Å². The van der Waals surface area contributed by atoms with Crippen molar-refractivity contribution in [2.75, 3.05) is 0 Å². The minimum absolute atomic E-state index is 0.0822. The minimum atomic E-state index is -1.42. The molecule has 0 aromatic heterocycles. The zero-order chi connectivity index (χ0) is 10.9. The van der Waals surface area contributed by atoms with Crippen LogP contribution < -0.4 is 0 Å². The largest absolute Gasteiger partial charge is 0.479 e. The van der Waals surface area contributed by atoms with Gasteiger partial charge in [-0.2, -0.15) is 0 Å². The Morgan fingerprint density at radius 3 is 1.64 bits per heavy atom. The van der Waals surface area contributed by atoms with Gasteiger partial charge in [0.25, 0.3) is 0 Å². The predicted molar refractivity (Wildman–Crippen MR) is 43.6 cm³/mol. The second kappa shape index (κ2) is 3.93.